The molecule has 0 radical (unpaired) electrons. The predicted octanol–water partition coefficient (Wildman–Crippen LogP) is 4.78. The minimum absolute atomic E-state index is 0.0232. The molecule has 4 heteroatoms. The molecule has 0 aromatic carbocycles. The Bertz CT molecular complexity index is 670. The van der Waals surface area contributed by atoms with Crippen LogP contribution < -0.4 is 5.32 Å². The van der Waals surface area contributed by atoms with Crippen molar-refractivity contribution in [3.05, 3.63) is 36.5 Å². The standard InChI is InChI=1S/C26H42N2O2/c1-8-21(29)14-20-15-23(22(20)13-12-17(2)3)19(6)10-9-11-25(30)27-24-16-28(7)26(24)18(4)5/h8-9,11-12,18-20,22-24,26H,1,10,13-16H2,2-7H3,(H,27,30)/b11-9+. The molecule has 2 rings (SSSR count). The molecule has 0 bridgehead atoms. The number of likely N-dealkylation sites (tertiary alicyclic amines) is 1. The topological polar surface area (TPSA) is 49.4 Å². The fraction of sp³-hybridized carbons (Fsp3) is 0.692. The smallest absolute Gasteiger partial charge is 0.243 e. The number of amides is 1. The summed E-state index contributed by atoms with van der Waals surface area (Å²) >= 11 is 0. The van der Waals surface area contributed by atoms with Crippen LogP contribution in [0, 0.1) is 29.6 Å². The SMILES string of the molecule is C=CC(=O)CC1CC(C(C)C/C=C/C(=O)NC2CN(C)C2C(C)C)C1CC=C(C)C. The average molecular weight is 415 g/mol. The molecule has 4 nitrogen and oxygen atoms in total. The highest BCUT2D eigenvalue weighted by Gasteiger charge is 2.42. The zero-order valence-corrected chi connectivity index (χ0v) is 19.9. The lowest BCUT2D eigenvalue weighted by molar-refractivity contribution is -0.120. The fourth-order valence-electron chi connectivity index (χ4n) is 5.43. The van der Waals surface area contributed by atoms with Crippen molar-refractivity contribution in [3.63, 3.8) is 0 Å². The molecule has 168 valence electrons. The van der Waals surface area contributed by atoms with Crippen LogP contribution >= 0.6 is 0 Å². The second kappa shape index (κ2) is 11.1. The van der Waals surface area contributed by atoms with E-state index < -0.39 is 0 Å². The predicted molar refractivity (Wildman–Crippen MR) is 125 cm³/mol. The van der Waals surface area contributed by atoms with Crippen LogP contribution in [0.5, 0.6) is 0 Å². The van der Waals surface area contributed by atoms with E-state index in [1.54, 1.807) is 6.08 Å². The number of allylic oxidation sites excluding steroid dienone is 4. The summed E-state index contributed by atoms with van der Waals surface area (Å²) in [5.41, 5.74) is 1.33. The van der Waals surface area contributed by atoms with Crippen LogP contribution in [0.4, 0.5) is 0 Å². The van der Waals surface area contributed by atoms with Gasteiger partial charge in [-0.25, -0.2) is 0 Å². The normalized spacial score (nSPS) is 29.8. The van der Waals surface area contributed by atoms with Crippen molar-refractivity contribution in [1.29, 1.82) is 0 Å². The van der Waals surface area contributed by atoms with E-state index in [1.165, 1.54) is 11.6 Å². The molecule has 30 heavy (non-hydrogen) atoms. The number of hydrogen-bond acceptors (Lipinski definition) is 3. The summed E-state index contributed by atoms with van der Waals surface area (Å²) in [4.78, 5) is 26.5. The first-order valence-electron chi connectivity index (χ1n) is 11.6. The number of ketones is 1. The molecule has 1 saturated heterocycles. The summed E-state index contributed by atoms with van der Waals surface area (Å²) in [6, 6.07) is 0.690. The Labute approximate surface area is 183 Å². The largest absolute Gasteiger partial charge is 0.347 e. The van der Waals surface area contributed by atoms with E-state index in [1.807, 2.05) is 6.08 Å². The van der Waals surface area contributed by atoms with Gasteiger partial charge in [-0.15, -0.1) is 0 Å². The van der Waals surface area contributed by atoms with Gasteiger partial charge >= 0.3 is 0 Å². The van der Waals surface area contributed by atoms with Gasteiger partial charge in [-0.2, -0.15) is 0 Å². The van der Waals surface area contributed by atoms with Gasteiger partial charge in [-0.1, -0.05) is 45.1 Å². The fourth-order valence-corrected chi connectivity index (χ4v) is 5.43. The van der Waals surface area contributed by atoms with Gasteiger partial charge in [0.1, 0.15) is 0 Å². The van der Waals surface area contributed by atoms with E-state index in [4.69, 9.17) is 0 Å². The van der Waals surface area contributed by atoms with Crippen molar-refractivity contribution in [2.45, 2.75) is 72.4 Å². The second-order valence-corrected chi connectivity index (χ2v) is 10.1. The van der Waals surface area contributed by atoms with E-state index in [-0.39, 0.29) is 17.7 Å². The first-order chi connectivity index (χ1) is 14.1. The van der Waals surface area contributed by atoms with E-state index in [0.29, 0.717) is 42.1 Å². The van der Waals surface area contributed by atoms with Crippen molar-refractivity contribution < 1.29 is 9.59 Å². The lowest BCUT2D eigenvalue weighted by Gasteiger charge is -2.48. The maximum atomic E-state index is 12.3. The molecule has 1 aliphatic heterocycles. The van der Waals surface area contributed by atoms with Gasteiger partial charge in [0.2, 0.25) is 5.91 Å². The maximum Gasteiger partial charge on any atom is 0.243 e. The first kappa shape index (κ1) is 24.6. The summed E-state index contributed by atoms with van der Waals surface area (Å²) < 4.78 is 0. The van der Waals surface area contributed by atoms with Crippen LogP contribution in [0.15, 0.2) is 36.5 Å². The molecule has 1 heterocycles. The summed E-state index contributed by atoms with van der Waals surface area (Å²) in [7, 11) is 2.12. The zero-order chi connectivity index (χ0) is 22.4. The van der Waals surface area contributed by atoms with Gasteiger partial charge in [0.05, 0.1) is 6.04 Å². The molecule has 0 aromatic rings. The Hall–Kier alpha value is -1.68. The molecule has 0 spiro atoms. The molecule has 2 aliphatic rings. The molecular weight excluding hydrogens is 372 g/mol. The monoisotopic (exact) mass is 414 g/mol. The number of nitrogens with one attached hydrogen (secondary N) is 1. The van der Waals surface area contributed by atoms with Gasteiger partial charge in [-0.3, -0.25) is 14.5 Å². The number of nitrogens with zero attached hydrogens (tertiary/aromatic N) is 1. The Morgan fingerprint density at radius 2 is 1.93 bits per heavy atom. The summed E-state index contributed by atoms with van der Waals surface area (Å²) in [5, 5.41) is 3.16. The minimum atomic E-state index is 0.0232. The Morgan fingerprint density at radius 3 is 2.50 bits per heavy atom. The molecule has 1 N–H and O–H groups in total. The van der Waals surface area contributed by atoms with Crippen LogP contribution in [0.25, 0.3) is 0 Å². The first-order valence-corrected chi connectivity index (χ1v) is 11.6. The molecule has 1 saturated carbocycles. The van der Waals surface area contributed by atoms with E-state index in [9.17, 15) is 9.59 Å². The van der Waals surface area contributed by atoms with E-state index >= 15 is 0 Å². The van der Waals surface area contributed by atoms with Gasteiger partial charge < -0.3 is 5.32 Å². The number of carbonyl (C=O) groups is 2. The van der Waals surface area contributed by atoms with Crippen molar-refractivity contribution in [1.82, 2.24) is 10.2 Å². The van der Waals surface area contributed by atoms with E-state index in [2.05, 4.69) is 64.5 Å². The van der Waals surface area contributed by atoms with Crippen LogP contribution in [-0.2, 0) is 9.59 Å². The Morgan fingerprint density at radius 1 is 1.23 bits per heavy atom. The molecule has 1 aliphatic carbocycles. The highest BCUT2D eigenvalue weighted by Crippen LogP contribution is 2.49. The molecule has 6 unspecified atom stereocenters. The number of rotatable bonds is 11. The minimum Gasteiger partial charge on any atom is -0.347 e. The van der Waals surface area contributed by atoms with Crippen molar-refractivity contribution in [3.8, 4) is 0 Å². The summed E-state index contributed by atoms with van der Waals surface area (Å²) in [6.45, 7) is 15.5. The van der Waals surface area contributed by atoms with Gasteiger partial charge in [0, 0.05) is 19.0 Å². The Balaban J connectivity index is 1.84. The highest BCUT2D eigenvalue weighted by molar-refractivity contribution is 5.89. The zero-order valence-electron chi connectivity index (χ0n) is 19.9. The maximum absolute atomic E-state index is 12.3. The Kier molecular flexibility index (Phi) is 9.09. The van der Waals surface area contributed by atoms with Crippen molar-refractivity contribution in [2.24, 2.45) is 29.6 Å². The third-order valence-corrected chi connectivity index (χ3v) is 7.14. The van der Waals surface area contributed by atoms with Crippen molar-refractivity contribution in [2.75, 3.05) is 13.6 Å². The van der Waals surface area contributed by atoms with Crippen LogP contribution in [0.2, 0.25) is 0 Å². The van der Waals surface area contributed by atoms with Gasteiger partial charge in [0.15, 0.2) is 5.78 Å². The number of carbonyl (C=O) groups excluding carboxylic acids is 2. The lowest BCUT2D eigenvalue weighted by atomic mass is 9.57. The molecule has 2 fully saturated rings. The quantitative estimate of drug-likeness (QED) is 0.391. The molecular formula is C26H42N2O2. The van der Waals surface area contributed by atoms with Crippen LogP contribution in [-0.4, -0.2) is 42.3 Å². The third-order valence-electron chi connectivity index (χ3n) is 7.14. The lowest BCUT2D eigenvalue weighted by Crippen LogP contribution is -2.66. The summed E-state index contributed by atoms with van der Waals surface area (Å²) in [5.74, 6) is 2.86. The number of hydrogen-bond donors (Lipinski definition) is 1. The molecule has 6 atom stereocenters. The van der Waals surface area contributed by atoms with Crippen molar-refractivity contribution >= 4 is 11.7 Å². The third kappa shape index (κ3) is 6.41. The summed E-state index contributed by atoms with van der Waals surface area (Å²) in [6.07, 6.45) is 11.2. The van der Waals surface area contributed by atoms with Gasteiger partial charge in [-0.05, 0) is 81.9 Å². The van der Waals surface area contributed by atoms with E-state index in [0.717, 1.165) is 25.8 Å². The molecule has 0 aromatic heterocycles. The molecule has 1 amide bonds. The van der Waals surface area contributed by atoms with Gasteiger partial charge in [0.25, 0.3) is 0 Å². The van der Waals surface area contributed by atoms with Crippen LogP contribution in [0.1, 0.15) is 60.3 Å². The van der Waals surface area contributed by atoms with Crippen LogP contribution in [0.3, 0.4) is 0 Å². The second-order valence-electron chi connectivity index (χ2n) is 10.1. The number of likely N-dealkylation sites (N-methyl/N-ethyl adjacent to an activating group) is 1. The highest BCUT2D eigenvalue weighted by atomic mass is 16.1. The average Bonchev–Trinajstić information content (AvgIpc) is 2.62.